The van der Waals surface area contributed by atoms with Gasteiger partial charge >= 0.3 is 25.8 Å². The summed E-state index contributed by atoms with van der Waals surface area (Å²) in [5, 5.41) is 0. The molecule has 0 unspecified atom stereocenters. The number of rotatable bonds is 2. The molecule has 0 atom stereocenters. The smallest absolute Gasteiger partial charge is 1.00 e. The van der Waals surface area contributed by atoms with Crippen molar-refractivity contribution in [1.82, 2.24) is 0 Å². The fourth-order valence-electron chi connectivity index (χ4n) is 0. The molecule has 0 amide bonds. The molecule has 0 saturated carbocycles. The molecule has 0 aromatic carbocycles. The van der Waals surface area contributed by atoms with E-state index in [-0.39, 0.29) is 38.3 Å². The molecule has 0 N–H and O–H groups in total. The van der Waals surface area contributed by atoms with Crippen LogP contribution in [0.2, 0.25) is 0 Å². The Balaban J connectivity index is -0.0000000300. The van der Waals surface area contributed by atoms with Gasteiger partial charge in [-0.15, -0.1) is 13.2 Å². The molecule has 0 fully saturated rings. The van der Waals surface area contributed by atoms with Gasteiger partial charge in [-0.3, -0.25) is 0 Å². The number of halogens is 1. The summed E-state index contributed by atoms with van der Waals surface area (Å²) in [6.45, 7) is 13.8. The van der Waals surface area contributed by atoms with Crippen LogP contribution >= 0.6 is 0 Å². The van der Waals surface area contributed by atoms with Gasteiger partial charge in [-0.1, -0.05) is 12.2 Å². The second-order valence-electron chi connectivity index (χ2n) is 1.15. The van der Waals surface area contributed by atoms with E-state index in [2.05, 4.69) is 27.0 Å². The fraction of sp³-hybridized carbons (Fsp3) is 0.250. The van der Waals surface area contributed by atoms with Crippen LogP contribution in [0.3, 0.4) is 0 Å². The molecule has 0 aromatic rings. The molecular weight excluding hydrogens is 246 g/mol. The van der Waals surface area contributed by atoms with Crippen molar-refractivity contribution in [3.63, 3.8) is 0 Å². The number of allylic oxidation sites excluding steroid dienone is 2. The maximum absolute atomic E-state index is 3.49. The summed E-state index contributed by atoms with van der Waals surface area (Å²) in [5.74, 6) is 0. The third-order valence-electron chi connectivity index (χ3n) is 0.408. The van der Waals surface area contributed by atoms with Crippen molar-refractivity contribution in [1.29, 1.82) is 0 Å². The van der Waals surface area contributed by atoms with Crippen molar-refractivity contribution in [3.8, 4) is 0 Å². The van der Waals surface area contributed by atoms with Gasteiger partial charge in [0.2, 0.25) is 0 Å². The summed E-state index contributed by atoms with van der Waals surface area (Å²) in [6, 6.07) is 0. The zero-order chi connectivity index (χ0) is 6.83. The van der Waals surface area contributed by atoms with Crippen molar-refractivity contribution in [2.75, 3.05) is 0 Å². The maximum Gasteiger partial charge on any atom is 1.00 e. The number of hydrogen-bond donors (Lipinski definition) is 0. The van der Waals surface area contributed by atoms with Gasteiger partial charge in [0.05, 0.1) is 0 Å². The third-order valence-corrected chi connectivity index (χ3v) is 0.408. The zero-order valence-corrected chi connectivity index (χ0v) is 10.4. The first kappa shape index (κ1) is 22.4. The van der Waals surface area contributed by atoms with E-state index >= 15 is 0 Å². The number of hydrogen-bond acceptors (Lipinski definition) is 0. The van der Waals surface area contributed by atoms with E-state index in [9.17, 15) is 0 Å². The summed E-state index contributed by atoms with van der Waals surface area (Å²) in [7, 11) is 0. The minimum Gasteiger partial charge on any atom is -1.00 e. The Morgan fingerprint density at radius 2 is 1.00 bits per heavy atom. The molecule has 0 heterocycles. The van der Waals surface area contributed by atoms with Crippen LogP contribution in [0, 0.1) is 13.8 Å². The monoisotopic (exact) mass is 260 g/mol. The largest absolute Gasteiger partial charge is 1.00 e. The first-order valence-electron chi connectivity index (χ1n) is 2.63. The Hall–Kier alpha value is 0.640. The van der Waals surface area contributed by atoms with Gasteiger partial charge in [-0.2, -0.15) is 0 Å². The van der Waals surface area contributed by atoms with Crippen molar-refractivity contribution in [3.05, 3.63) is 39.2 Å². The van der Waals surface area contributed by atoms with Crippen molar-refractivity contribution < 1.29 is 12.4 Å². The van der Waals surface area contributed by atoms with Gasteiger partial charge in [-0.05, 0) is 26.7 Å². The van der Waals surface area contributed by atoms with Gasteiger partial charge in [0.1, 0.15) is 0 Å². The van der Waals surface area contributed by atoms with Gasteiger partial charge < -0.3 is 12.4 Å². The molecule has 0 aromatic heterocycles. The minimum atomic E-state index is 0. The summed E-state index contributed by atoms with van der Waals surface area (Å²) >= 11 is 0. The SMILES string of the molecule is [CH2]CC=C.[CH2]CC=C.[Cl-].[In+]. The van der Waals surface area contributed by atoms with Gasteiger partial charge in [0, 0.05) is 0 Å². The Bertz CT molecular complexity index is 45.2. The van der Waals surface area contributed by atoms with Gasteiger partial charge in [0.25, 0.3) is 0 Å². The van der Waals surface area contributed by atoms with E-state index in [4.69, 9.17) is 0 Å². The predicted octanol–water partition coefficient (Wildman–Crippen LogP) is -0.584. The quantitative estimate of drug-likeness (QED) is 0.583. The van der Waals surface area contributed by atoms with E-state index in [1.54, 1.807) is 12.2 Å². The second kappa shape index (κ2) is 33.4. The van der Waals surface area contributed by atoms with E-state index in [0.29, 0.717) is 0 Å². The average Bonchev–Trinajstić information content (AvgIpc) is 1.88. The molecule has 0 aliphatic rings. The Labute approximate surface area is 90.0 Å². The van der Waals surface area contributed by atoms with Crippen LogP contribution in [0.15, 0.2) is 25.3 Å². The molecular formula is C8H14ClIn. The molecule has 0 aliphatic heterocycles. The summed E-state index contributed by atoms with van der Waals surface area (Å²) in [6.07, 6.45) is 5.19. The summed E-state index contributed by atoms with van der Waals surface area (Å²) in [4.78, 5) is 0. The Morgan fingerprint density at radius 3 is 1.00 bits per heavy atom. The Morgan fingerprint density at radius 1 is 0.900 bits per heavy atom. The maximum atomic E-state index is 3.49. The topological polar surface area (TPSA) is 0 Å². The molecule has 56 valence electrons. The first-order chi connectivity index (χ1) is 3.83. The van der Waals surface area contributed by atoms with Gasteiger partial charge in [-0.25, -0.2) is 0 Å². The van der Waals surface area contributed by atoms with Crippen molar-refractivity contribution in [2.45, 2.75) is 12.8 Å². The summed E-state index contributed by atoms with van der Waals surface area (Å²) in [5.41, 5.74) is 0. The minimum absolute atomic E-state index is 0. The average molecular weight is 260 g/mol. The molecule has 0 bridgehead atoms. The van der Waals surface area contributed by atoms with Crippen LogP contribution in [0.25, 0.3) is 0 Å². The van der Waals surface area contributed by atoms with E-state index in [1.165, 1.54) is 0 Å². The van der Waals surface area contributed by atoms with Crippen LogP contribution in [0.5, 0.6) is 0 Å². The molecule has 0 nitrogen and oxygen atoms in total. The normalized spacial score (nSPS) is 5.00. The van der Waals surface area contributed by atoms with Crippen LogP contribution in [0.1, 0.15) is 12.8 Å². The predicted molar refractivity (Wildman–Crippen MR) is 46.1 cm³/mol. The van der Waals surface area contributed by atoms with Crippen LogP contribution < -0.4 is 12.4 Å². The molecule has 2 heteroatoms. The Kier molecular flexibility index (Phi) is 75.0. The van der Waals surface area contributed by atoms with E-state index < -0.39 is 0 Å². The standard InChI is InChI=1S/2C4H7.ClH.In/c2*1-3-4-2;;/h2*3H,1-2,4H2;1H;/q;;;+1/p-1. The summed E-state index contributed by atoms with van der Waals surface area (Å²) < 4.78 is 0. The first-order valence-corrected chi connectivity index (χ1v) is 2.63. The molecule has 4 radical (unpaired) electrons. The van der Waals surface area contributed by atoms with Crippen LogP contribution in [-0.2, 0) is 0 Å². The van der Waals surface area contributed by atoms with Crippen molar-refractivity contribution in [2.24, 2.45) is 0 Å². The molecule has 0 spiro atoms. The van der Waals surface area contributed by atoms with E-state index in [1.807, 2.05) is 0 Å². The van der Waals surface area contributed by atoms with Crippen LogP contribution in [0.4, 0.5) is 0 Å². The van der Waals surface area contributed by atoms with Crippen LogP contribution in [-0.4, -0.2) is 25.8 Å². The molecule has 10 heavy (non-hydrogen) atoms. The molecule has 0 saturated heterocycles. The zero-order valence-electron chi connectivity index (χ0n) is 6.35. The van der Waals surface area contributed by atoms with E-state index in [0.717, 1.165) is 12.8 Å². The molecule has 0 rings (SSSR count). The van der Waals surface area contributed by atoms with Crippen molar-refractivity contribution >= 4 is 25.8 Å². The fourth-order valence-corrected chi connectivity index (χ4v) is 0. The third kappa shape index (κ3) is 72.4. The molecule has 0 aliphatic carbocycles. The second-order valence-corrected chi connectivity index (χ2v) is 1.15. The van der Waals surface area contributed by atoms with Gasteiger partial charge in [0.15, 0.2) is 0 Å².